The molecule has 0 bridgehead atoms. The minimum absolute atomic E-state index is 0.0157. The van der Waals surface area contributed by atoms with Crippen LogP contribution in [0, 0.1) is 0 Å². The second-order valence-corrected chi connectivity index (χ2v) is 3.72. The van der Waals surface area contributed by atoms with Crippen LogP contribution in [0.2, 0.25) is 0 Å². The lowest BCUT2D eigenvalue weighted by atomic mass is 10.2. The number of hydrazone groups is 1. The van der Waals surface area contributed by atoms with Gasteiger partial charge in [-0.05, 0) is 35.9 Å². The lowest BCUT2D eigenvalue weighted by Gasteiger charge is -2.02. The maximum Gasteiger partial charge on any atom is 0.266 e. The van der Waals surface area contributed by atoms with Crippen LogP contribution in [0.1, 0.15) is 5.56 Å². The van der Waals surface area contributed by atoms with Gasteiger partial charge in [-0.2, -0.15) is 5.10 Å². The van der Waals surface area contributed by atoms with Crippen molar-refractivity contribution in [1.29, 1.82) is 0 Å². The fourth-order valence-corrected chi connectivity index (χ4v) is 1.25. The molecule has 0 aliphatic rings. The van der Waals surface area contributed by atoms with Crippen LogP contribution < -0.4 is 10.2 Å². The molecule has 1 rings (SSSR count). The predicted octanol–water partition coefficient (Wildman–Crippen LogP) is 1.91. The molecule has 0 atom stereocenters. The Balaban J connectivity index is 2.43. The molecule has 0 fully saturated rings. The number of halogens is 1. The Morgan fingerprint density at radius 3 is 2.79 bits per heavy atom. The number of carbonyl (C=O) groups is 1. The van der Waals surface area contributed by atoms with Crippen molar-refractivity contribution in [2.45, 2.75) is 0 Å². The van der Waals surface area contributed by atoms with E-state index >= 15 is 0 Å². The topological polar surface area (TPSA) is 59.9 Å². The number of ether oxygens (including phenoxy) is 2. The van der Waals surface area contributed by atoms with Crippen LogP contribution in [-0.4, -0.2) is 32.4 Å². The first-order valence-corrected chi connectivity index (χ1v) is 5.99. The first-order chi connectivity index (χ1) is 9.26. The van der Waals surface area contributed by atoms with Crippen LogP contribution in [0.4, 0.5) is 0 Å². The van der Waals surface area contributed by atoms with E-state index in [1.54, 1.807) is 18.2 Å². The van der Waals surface area contributed by atoms with Gasteiger partial charge in [0.05, 0.1) is 6.21 Å². The molecule has 102 valence electrons. The van der Waals surface area contributed by atoms with Gasteiger partial charge in [-0.3, -0.25) is 4.79 Å². The van der Waals surface area contributed by atoms with Gasteiger partial charge in [0, 0.05) is 12.6 Å². The SMILES string of the molecule is COCC(=O)N/N=C/c1ccc(OC/C=C/Cl)cc1. The van der Waals surface area contributed by atoms with E-state index in [2.05, 4.69) is 15.3 Å². The fourth-order valence-electron chi connectivity index (χ4n) is 1.17. The van der Waals surface area contributed by atoms with E-state index in [-0.39, 0.29) is 12.5 Å². The van der Waals surface area contributed by atoms with Gasteiger partial charge in [-0.1, -0.05) is 11.6 Å². The van der Waals surface area contributed by atoms with E-state index < -0.39 is 0 Å². The smallest absolute Gasteiger partial charge is 0.266 e. The Labute approximate surface area is 116 Å². The van der Waals surface area contributed by atoms with E-state index in [4.69, 9.17) is 16.3 Å². The summed E-state index contributed by atoms with van der Waals surface area (Å²) in [4.78, 5) is 11.0. The van der Waals surface area contributed by atoms with E-state index in [0.29, 0.717) is 6.61 Å². The van der Waals surface area contributed by atoms with Crippen molar-refractivity contribution in [3.63, 3.8) is 0 Å². The highest BCUT2D eigenvalue weighted by molar-refractivity contribution is 6.25. The number of nitrogens with zero attached hydrogens (tertiary/aromatic N) is 1. The largest absolute Gasteiger partial charge is 0.490 e. The first kappa shape index (κ1) is 15.2. The van der Waals surface area contributed by atoms with Gasteiger partial charge < -0.3 is 9.47 Å². The fraction of sp³-hybridized carbons (Fsp3) is 0.231. The summed E-state index contributed by atoms with van der Waals surface area (Å²) in [6, 6.07) is 7.26. The zero-order chi connectivity index (χ0) is 13.9. The molecule has 19 heavy (non-hydrogen) atoms. The maximum absolute atomic E-state index is 11.0. The van der Waals surface area contributed by atoms with Gasteiger partial charge >= 0.3 is 0 Å². The third-order valence-corrected chi connectivity index (χ3v) is 2.17. The van der Waals surface area contributed by atoms with Crippen molar-refractivity contribution in [2.24, 2.45) is 5.10 Å². The van der Waals surface area contributed by atoms with Crippen molar-refractivity contribution in [3.8, 4) is 5.75 Å². The standard InChI is InChI=1S/C13H15ClN2O3/c1-18-10-13(17)16-15-9-11-3-5-12(6-4-11)19-8-2-7-14/h2-7,9H,8,10H2,1H3,(H,16,17)/b7-2+,15-9+. The molecule has 0 saturated heterocycles. The third kappa shape index (κ3) is 6.59. The van der Waals surface area contributed by atoms with Gasteiger partial charge in [0.25, 0.3) is 5.91 Å². The average molecular weight is 283 g/mol. The van der Waals surface area contributed by atoms with Crippen LogP contribution in [0.3, 0.4) is 0 Å². The van der Waals surface area contributed by atoms with Crippen LogP contribution in [0.15, 0.2) is 41.0 Å². The van der Waals surface area contributed by atoms with Crippen molar-refractivity contribution < 1.29 is 14.3 Å². The quantitative estimate of drug-likeness (QED) is 0.614. The molecule has 0 unspecified atom stereocenters. The monoisotopic (exact) mass is 282 g/mol. The highest BCUT2D eigenvalue weighted by atomic mass is 35.5. The molecule has 0 saturated carbocycles. The summed E-state index contributed by atoms with van der Waals surface area (Å²) >= 11 is 5.38. The number of amides is 1. The number of hydrogen-bond acceptors (Lipinski definition) is 4. The highest BCUT2D eigenvalue weighted by Gasteiger charge is 1.96. The van der Waals surface area contributed by atoms with Crippen molar-refractivity contribution >= 4 is 23.7 Å². The molecule has 0 aliphatic heterocycles. The van der Waals surface area contributed by atoms with E-state index in [1.807, 2.05) is 12.1 Å². The minimum atomic E-state index is -0.299. The molecule has 0 radical (unpaired) electrons. The van der Waals surface area contributed by atoms with Gasteiger partial charge in [0.15, 0.2) is 0 Å². The number of methoxy groups -OCH3 is 1. The van der Waals surface area contributed by atoms with Gasteiger partial charge in [0.2, 0.25) is 0 Å². The summed E-state index contributed by atoms with van der Waals surface area (Å²) in [5.41, 5.74) is 4.59. The predicted molar refractivity (Wildman–Crippen MR) is 74.5 cm³/mol. The maximum atomic E-state index is 11.0. The third-order valence-electron chi connectivity index (χ3n) is 1.99. The summed E-state index contributed by atoms with van der Waals surface area (Å²) in [7, 11) is 1.45. The zero-order valence-electron chi connectivity index (χ0n) is 10.5. The lowest BCUT2D eigenvalue weighted by Crippen LogP contribution is -2.22. The van der Waals surface area contributed by atoms with Crippen LogP contribution >= 0.6 is 11.6 Å². The molecule has 1 N–H and O–H groups in total. The number of rotatable bonds is 7. The molecule has 1 amide bonds. The number of benzene rings is 1. The Morgan fingerprint density at radius 1 is 1.42 bits per heavy atom. The van der Waals surface area contributed by atoms with Gasteiger partial charge in [0.1, 0.15) is 19.0 Å². The zero-order valence-corrected chi connectivity index (χ0v) is 11.3. The molecule has 5 nitrogen and oxygen atoms in total. The molecule has 1 aromatic carbocycles. The summed E-state index contributed by atoms with van der Waals surface area (Å²) in [6.45, 7) is 0.405. The summed E-state index contributed by atoms with van der Waals surface area (Å²) in [6.07, 6.45) is 3.23. The van der Waals surface area contributed by atoms with Crippen LogP contribution in [0.5, 0.6) is 5.75 Å². The summed E-state index contributed by atoms with van der Waals surface area (Å²) in [5, 5.41) is 3.79. The second kappa shape index (κ2) is 9.13. The lowest BCUT2D eigenvalue weighted by molar-refractivity contribution is -0.124. The van der Waals surface area contributed by atoms with Crippen molar-refractivity contribution in [3.05, 3.63) is 41.4 Å². The number of hydrogen-bond donors (Lipinski definition) is 1. The Hall–Kier alpha value is -1.85. The Kier molecular flexibility index (Phi) is 7.31. The van der Waals surface area contributed by atoms with E-state index in [0.717, 1.165) is 11.3 Å². The molecule has 0 aliphatic carbocycles. The first-order valence-electron chi connectivity index (χ1n) is 5.55. The Morgan fingerprint density at radius 2 is 2.16 bits per heavy atom. The van der Waals surface area contributed by atoms with Gasteiger partial charge in [-0.25, -0.2) is 5.43 Å². The molecule has 0 heterocycles. The van der Waals surface area contributed by atoms with Crippen LogP contribution in [0.25, 0.3) is 0 Å². The normalized spacial score (nSPS) is 11.1. The van der Waals surface area contributed by atoms with Crippen molar-refractivity contribution in [1.82, 2.24) is 5.43 Å². The van der Waals surface area contributed by atoms with E-state index in [1.165, 1.54) is 18.9 Å². The van der Waals surface area contributed by atoms with Crippen LogP contribution in [-0.2, 0) is 9.53 Å². The van der Waals surface area contributed by atoms with Gasteiger partial charge in [-0.15, -0.1) is 0 Å². The average Bonchev–Trinajstić information content (AvgIpc) is 2.41. The second-order valence-electron chi connectivity index (χ2n) is 3.47. The summed E-state index contributed by atoms with van der Waals surface area (Å²) in [5.74, 6) is 0.432. The number of carbonyl (C=O) groups excluding carboxylic acids is 1. The molecule has 0 spiro atoms. The number of nitrogens with one attached hydrogen (secondary N) is 1. The molecular weight excluding hydrogens is 268 g/mol. The summed E-state index contributed by atoms with van der Waals surface area (Å²) < 4.78 is 10.0. The minimum Gasteiger partial charge on any atom is -0.490 e. The Bertz CT molecular complexity index is 444. The molecular formula is C13H15ClN2O3. The molecule has 0 aromatic heterocycles. The molecule has 6 heteroatoms. The van der Waals surface area contributed by atoms with Crippen molar-refractivity contribution in [2.75, 3.05) is 20.3 Å². The van der Waals surface area contributed by atoms with E-state index in [9.17, 15) is 4.79 Å². The molecule has 1 aromatic rings. The highest BCUT2D eigenvalue weighted by Crippen LogP contribution is 2.10.